The van der Waals surface area contributed by atoms with Gasteiger partial charge in [-0.3, -0.25) is 0 Å². The Labute approximate surface area is 294 Å². The number of benzene rings is 6. The molecule has 242 valence electrons. The molecule has 3 heterocycles. The van der Waals surface area contributed by atoms with Gasteiger partial charge in [0.1, 0.15) is 6.33 Å². The van der Waals surface area contributed by atoms with Crippen LogP contribution in [0.3, 0.4) is 0 Å². The van der Waals surface area contributed by atoms with Crippen LogP contribution in [-0.2, 0) is 10.8 Å². The highest BCUT2D eigenvalue weighted by molar-refractivity contribution is 5.88. The largest absolute Gasteiger partial charge is 0.310 e. The van der Waals surface area contributed by atoms with Crippen LogP contribution in [0.2, 0.25) is 0 Å². The van der Waals surface area contributed by atoms with Gasteiger partial charge in [0.05, 0.1) is 34.1 Å². The molecular formula is C46H38N4. The second kappa shape index (κ2) is 11.3. The van der Waals surface area contributed by atoms with Crippen molar-refractivity contribution in [1.82, 2.24) is 9.97 Å². The quantitative estimate of drug-likeness (QED) is 0.190. The van der Waals surface area contributed by atoms with E-state index in [1.165, 1.54) is 45.0 Å². The van der Waals surface area contributed by atoms with Gasteiger partial charge in [0, 0.05) is 33.3 Å². The molecule has 0 fully saturated rings. The zero-order valence-electron chi connectivity index (χ0n) is 28.8. The average Bonchev–Trinajstić information content (AvgIpc) is 3.16. The van der Waals surface area contributed by atoms with Crippen molar-refractivity contribution in [1.29, 1.82) is 0 Å². The van der Waals surface area contributed by atoms with Crippen LogP contribution in [0, 0.1) is 0 Å². The lowest BCUT2D eigenvalue weighted by Gasteiger charge is -2.42. The Hall–Kier alpha value is -6.00. The van der Waals surface area contributed by atoms with Crippen LogP contribution in [0.5, 0.6) is 0 Å². The minimum atomic E-state index is -0.0845. The summed E-state index contributed by atoms with van der Waals surface area (Å²) in [4.78, 5) is 14.1. The predicted molar refractivity (Wildman–Crippen MR) is 207 cm³/mol. The summed E-state index contributed by atoms with van der Waals surface area (Å²) in [6.45, 7) is 9.27. The third kappa shape index (κ3) is 4.59. The number of hydrogen-bond donors (Lipinski definition) is 0. The lowest BCUT2D eigenvalue weighted by molar-refractivity contribution is 0.632. The van der Waals surface area contributed by atoms with Crippen LogP contribution in [0.1, 0.15) is 49.9 Å². The van der Waals surface area contributed by atoms with E-state index in [9.17, 15) is 0 Å². The van der Waals surface area contributed by atoms with E-state index in [1.54, 1.807) is 6.33 Å². The highest BCUT2D eigenvalue weighted by Crippen LogP contribution is 2.53. The first-order chi connectivity index (χ1) is 24.3. The van der Waals surface area contributed by atoms with E-state index in [1.807, 2.05) is 0 Å². The fourth-order valence-electron chi connectivity index (χ4n) is 8.13. The van der Waals surface area contributed by atoms with Gasteiger partial charge >= 0.3 is 0 Å². The highest BCUT2D eigenvalue weighted by Gasteiger charge is 2.37. The number of nitrogens with zero attached hydrogens (tertiary/aromatic N) is 4. The van der Waals surface area contributed by atoms with E-state index in [4.69, 9.17) is 0 Å². The molecule has 0 atom stereocenters. The summed E-state index contributed by atoms with van der Waals surface area (Å²) < 4.78 is 0. The number of anilines is 6. The maximum atomic E-state index is 4.69. The Balaban J connectivity index is 1.03. The molecule has 0 saturated carbocycles. The van der Waals surface area contributed by atoms with Crippen molar-refractivity contribution in [2.24, 2.45) is 0 Å². The standard InChI is InChI=1S/C46H38N4/c1-45(2)35-13-5-9-17-41(35)49(42-18-10-6-14-36(42)45)33-25-21-31(22-26-33)39-29-40(48-30-47-39)32-23-27-34(28-24-32)50-43-19-11-7-15-37(43)46(3,4)38-16-8-12-20-44(38)50/h5-30H,1-4H3. The van der Waals surface area contributed by atoms with E-state index in [2.05, 4.69) is 199 Å². The van der Waals surface area contributed by atoms with Crippen molar-refractivity contribution in [3.8, 4) is 22.5 Å². The average molecular weight is 647 g/mol. The van der Waals surface area contributed by atoms with E-state index >= 15 is 0 Å². The monoisotopic (exact) mass is 646 g/mol. The van der Waals surface area contributed by atoms with Crippen LogP contribution in [-0.4, -0.2) is 9.97 Å². The number of hydrogen-bond acceptors (Lipinski definition) is 4. The van der Waals surface area contributed by atoms with Crippen LogP contribution in [0.4, 0.5) is 34.1 Å². The summed E-state index contributed by atoms with van der Waals surface area (Å²) in [6.07, 6.45) is 1.67. The number of fused-ring (bicyclic) bond motifs is 4. The zero-order valence-corrected chi connectivity index (χ0v) is 28.8. The van der Waals surface area contributed by atoms with Crippen molar-refractivity contribution in [2.45, 2.75) is 38.5 Å². The molecule has 0 radical (unpaired) electrons. The first-order valence-electron chi connectivity index (χ1n) is 17.3. The Morgan fingerprint density at radius 3 is 1.00 bits per heavy atom. The van der Waals surface area contributed by atoms with Gasteiger partial charge in [-0.15, -0.1) is 0 Å². The molecule has 9 rings (SSSR count). The van der Waals surface area contributed by atoms with Crippen molar-refractivity contribution in [3.05, 3.63) is 180 Å². The molecule has 0 aliphatic carbocycles. The fourth-order valence-corrected chi connectivity index (χ4v) is 8.13. The minimum absolute atomic E-state index is 0.0845. The zero-order chi connectivity index (χ0) is 34.0. The van der Waals surface area contributed by atoms with Crippen LogP contribution >= 0.6 is 0 Å². The first kappa shape index (κ1) is 30.1. The molecule has 0 amide bonds. The molecule has 50 heavy (non-hydrogen) atoms. The molecule has 4 nitrogen and oxygen atoms in total. The summed E-state index contributed by atoms with van der Waals surface area (Å²) in [5, 5.41) is 0. The molecule has 6 aromatic carbocycles. The molecule has 4 heteroatoms. The van der Waals surface area contributed by atoms with Gasteiger partial charge < -0.3 is 9.80 Å². The van der Waals surface area contributed by atoms with Crippen LogP contribution < -0.4 is 9.80 Å². The normalized spacial score (nSPS) is 15.0. The Morgan fingerprint density at radius 1 is 0.380 bits per heavy atom. The summed E-state index contributed by atoms with van der Waals surface area (Å²) in [6, 6.07) is 54.6. The second-order valence-electron chi connectivity index (χ2n) is 14.4. The van der Waals surface area contributed by atoms with Gasteiger partial charge in [-0.05, 0) is 76.9 Å². The van der Waals surface area contributed by atoms with Crippen LogP contribution in [0.15, 0.2) is 158 Å². The highest BCUT2D eigenvalue weighted by atomic mass is 15.2. The Morgan fingerprint density at radius 2 is 0.680 bits per heavy atom. The van der Waals surface area contributed by atoms with E-state index in [-0.39, 0.29) is 10.8 Å². The van der Waals surface area contributed by atoms with Gasteiger partial charge in [0.2, 0.25) is 0 Å². The van der Waals surface area contributed by atoms with Crippen molar-refractivity contribution in [2.75, 3.05) is 9.80 Å². The number of aromatic nitrogens is 2. The molecule has 0 saturated heterocycles. The van der Waals surface area contributed by atoms with Gasteiger partial charge in [0.25, 0.3) is 0 Å². The Bertz CT molecular complexity index is 2120. The van der Waals surface area contributed by atoms with E-state index in [0.29, 0.717) is 0 Å². The molecule has 0 N–H and O–H groups in total. The topological polar surface area (TPSA) is 32.3 Å². The van der Waals surface area contributed by atoms with Gasteiger partial charge in [-0.2, -0.15) is 0 Å². The smallest absolute Gasteiger partial charge is 0.116 e. The maximum absolute atomic E-state index is 4.69. The van der Waals surface area contributed by atoms with E-state index in [0.717, 1.165) is 33.9 Å². The van der Waals surface area contributed by atoms with Gasteiger partial charge in [-0.1, -0.05) is 125 Å². The molecule has 7 aromatic rings. The summed E-state index contributed by atoms with van der Waals surface area (Å²) in [5.41, 5.74) is 16.2. The van der Waals surface area contributed by atoms with Gasteiger partial charge in [-0.25, -0.2) is 9.97 Å². The molecule has 0 spiro atoms. The molecule has 0 unspecified atom stereocenters. The molecule has 0 bridgehead atoms. The fraction of sp³-hybridized carbons (Fsp3) is 0.130. The van der Waals surface area contributed by atoms with Gasteiger partial charge in [0.15, 0.2) is 0 Å². The number of rotatable bonds is 4. The second-order valence-corrected chi connectivity index (χ2v) is 14.4. The number of para-hydroxylation sites is 4. The van der Waals surface area contributed by atoms with E-state index < -0.39 is 0 Å². The summed E-state index contributed by atoms with van der Waals surface area (Å²) in [7, 11) is 0. The lowest BCUT2D eigenvalue weighted by atomic mass is 9.73. The maximum Gasteiger partial charge on any atom is 0.116 e. The van der Waals surface area contributed by atoms with Crippen molar-refractivity contribution < 1.29 is 0 Å². The molecular weight excluding hydrogens is 609 g/mol. The van der Waals surface area contributed by atoms with Crippen molar-refractivity contribution in [3.63, 3.8) is 0 Å². The van der Waals surface area contributed by atoms with Crippen LogP contribution in [0.25, 0.3) is 22.5 Å². The predicted octanol–water partition coefficient (Wildman–Crippen LogP) is 12.0. The SMILES string of the molecule is CC1(C)c2ccccc2N(c2ccc(-c3cc(-c4ccc(N5c6ccccc6C(C)(C)c6ccccc65)cc4)ncn3)cc2)c2ccccc21. The summed E-state index contributed by atoms with van der Waals surface area (Å²) in [5.74, 6) is 0. The summed E-state index contributed by atoms with van der Waals surface area (Å²) >= 11 is 0. The molecule has 2 aliphatic rings. The first-order valence-corrected chi connectivity index (χ1v) is 17.3. The third-order valence-corrected chi connectivity index (χ3v) is 10.8. The third-order valence-electron chi connectivity index (χ3n) is 10.8. The van der Waals surface area contributed by atoms with Crippen molar-refractivity contribution >= 4 is 34.1 Å². The minimum Gasteiger partial charge on any atom is -0.310 e. The molecule has 1 aromatic heterocycles. The Kier molecular flexibility index (Phi) is 6.79. The lowest BCUT2D eigenvalue weighted by Crippen LogP contribution is -2.30. The molecule has 2 aliphatic heterocycles.